The van der Waals surface area contributed by atoms with Gasteiger partial charge in [-0.2, -0.15) is 0 Å². The van der Waals surface area contributed by atoms with E-state index in [0.717, 1.165) is 30.1 Å². The van der Waals surface area contributed by atoms with Crippen LogP contribution in [-0.2, 0) is 6.54 Å². The van der Waals surface area contributed by atoms with Gasteiger partial charge in [-0.15, -0.1) is 0 Å². The number of nitrogens with zero attached hydrogens (tertiary/aromatic N) is 2. The van der Waals surface area contributed by atoms with Crippen LogP contribution in [0.3, 0.4) is 0 Å². The van der Waals surface area contributed by atoms with Crippen molar-refractivity contribution in [2.45, 2.75) is 26.8 Å². The van der Waals surface area contributed by atoms with Gasteiger partial charge < -0.3 is 10.2 Å². The number of hydrogen-bond acceptors (Lipinski definition) is 4. The third-order valence-electron chi connectivity index (χ3n) is 2.99. The van der Waals surface area contributed by atoms with E-state index in [9.17, 15) is 0 Å². The van der Waals surface area contributed by atoms with E-state index in [1.165, 1.54) is 6.42 Å². The molecule has 0 saturated heterocycles. The van der Waals surface area contributed by atoms with Crippen molar-refractivity contribution >= 4 is 16.8 Å². The van der Waals surface area contributed by atoms with Crippen molar-refractivity contribution in [1.82, 2.24) is 9.88 Å². The zero-order valence-electron chi connectivity index (χ0n) is 11.3. The minimum atomic E-state index is 0.673. The molecule has 0 spiro atoms. The number of rotatable bonds is 5. The highest BCUT2D eigenvalue weighted by molar-refractivity contribution is 5.85. The molecule has 0 fully saturated rings. The predicted molar refractivity (Wildman–Crippen MR) is 74.2 cm³/mol. The van der Waals surface area contributed by atoms with Crippen LogP contribution in [0, 0.1) is 5.92 Å². The molecule has 0 amide bonds. The van der Waals surface area contributed by atoms with Crippen molar-refractivity contribution in [1.29, 1.82) is 0 Å². The molecule has 4 nitrogen and oxygen atoms in total. The largest absolute Gasteiger partial charge is 0.439 e. The van der Waals surface area contributed by atoms with Crippen LogP contribution in [0.5, 0.6) is 0 Å². The van der Waals surface area contributed by atoms with Crippen molar-refractivity contribution in [2.24, 2.45) is 5.92 Å². The number of anilines is 1. The van der Waals surface area contributed by atoms with Crippen LogP contribution in [0.25, 0.3) is 11.1 Å². The Kier molecular flexibility index (Phi) is 3.87. The lowest BCUT2D eigenvalue weighted by molar-refractivity contribution is 0.275. The van der Waals surface area contributed by atoms with Gasteiger partial charge >= 0.3 is 0 Å². The third-order valence-corrected chi connectivity index (χ3v) is 2.99. The van der Waals surface area contributed by atoms with Gasteiger partial charge in [-0.05, 0) is 38.1 Å². The van der Waals surface area contributed by atoms with Gasteiger partial charge in [0, 0.05) is 0 Å². The number of fused-ring (bicyclic) bond motifs is 1. The first-order valence-electron chi connectivity index (χ1n) is 6.38. The minimum absolute atomic E-state index is 0.673. The van der Waals surface area contributed by atoms with Crippen molar-refractivity contribution in [3.05, 3.63) is 24.1 Å². The van der Waals surface area contributed by atoms with Crippen molar-refractivity contribution in [3.63, 3.8) is 0 Å². The lowest BCUT2D eigenvalue weighted by atomic mass is 10.1. The average molecular weight is 247 g/mol. The number of aromatic nitrogens is 1. The summed E-state index contributed by atoms with van der Waals surface area (Å²) in [6.07, 6.45) is 1.18. The van der Waals surface area contributed by atoms with E-state index in [4.69, 9.17) is 10.2 Å². The maximum Gasteiger partial charge on any atom is 0.209 e. The van der Waals surface area contributed by atoms with Gasteiger partial charge in [0.2, 0.25) is 5.89 Å². The summed E-state index contributed by atoms with van der Waals surface area (Å²) >= 11 is 0. The zero-order chi connectivity index (χ0) is 13.1. The molecular weight excluding hydrogens is 226 g/mol. The number of nitrogens with two attached hydrogens (primary N) is 1. The Bertz CT molecular complexity index is 519. The summed E-state index contributed by atoms with van der Waals surface area (Å²) in [7, 11) is 2.08. The molecule has 18 heavy (non-hydrogen) atoms. The van der Waals surface area contributed by atoms with Crippen molar-refractivity contribution in [2.75, 3.05) is 19.3 Å². The SMILES string of the molecule is CC(C)CCN(C)Cc1nc2c(N)cccc2o1. The maximum atomic E-state index is 5.86. The van der Waals surface area contributed by atoms with Crippen LogP contribution >= 0.6 is 0 Å². The van der Waals surface area contributed by atoms with Crippen molar-refractivity contribution in [3.8, 4) is 0 Å². The second-order valence-electron chi connectivity index (χ2n) is 5.22. The Hall–Kier alpha value is -1.55. The summed E-state index contributed by atoms with van der Waals surface area (Å²) in [5.74, 6) is 1.45. The van der Waals surface area contributed by atoms with Crippen molar-refractivity contribution < 1.29 is 4.42 Å². The third kappa shape index (κ3) is 3.01. The second kappa shape index (κ2) is 5.40. The molecule has 0 saturated carbocycles. The highest BCUT2D eigenvalue weighted by Gasteiger charge is 2.10. The van der Waals surface area contributed by atoms with Gasteiger partial charge in [-0.25, -0.2) is 4.98 Å². The molecule has 0 aliphatic heterocycles. The average Bonchev–Trinajstić information content (AvgIpc) is 2.70. The predicted octanol–water partition coefficient (Wildman–Crippen LogP) is 2.89. The number of benzene rings is 1. The molecule has 2 N–H and O–H groups in total. The van der Waals surface area contributed by atoms with E-state index in [-0.39, 0.29) is 0 Å². The molecule has 1 aromatic heterocycles. The quantitative estimate of drug-likeness (QED) is 0.825. The fourth-order valence-corrected chi connectivity index (χ4v) is 1.87. The number of oxazole rings is 1. The Morgan fingerprint density at radius 2 is 2.17 bits per heavy atom. The molecule has 0 atom stereocenters. The highest BCUT2D eigenvalue weighted by atomic mass is 16.3. The van der Waals surface area contributed by atoms with Crippen LogP contribution in [-0.4, -0.2) is 23.5 Å². The van der Waals surface area contributed by atoms with Gasteiger partial charge in [0.05, 0.1) is 12.2 Å². The van der Waals surface area contributed by atoms with Gasteiger partial charge in [-0.1, -0.05) is 19.9 Å². The standard InChI is InChI=1S/C14H21N3O/c1-10(2)7-8-17(3)9-13-16-14-11(15)5-4-6-12(14)18-13/h4-6,10H,7-9,15H2,1-3H3. The first-order chi connectivity index (χ1) is 8.56. The highest BCUT2D eigenvalue weighted by Crippen LogP contribution is 2.21. The molecule has 2 rings (SSSR count). The van der Waals surface area contributed by atoms with Crippen LogP contribution in [0.2, 0.25) is 0 Å². The van der Waals surface area contributed by atoms with Gasteiger partial charge in [-0.3, -0.25) is 4.90 Å². The maximum absolute atomic E-state index is 5.86. The van der Waals surface area contributed by atoms with Crippen LogP contribution in [0.15, 0.2) is 22.6 Å². The second-order valence-corrected chi connectivity index (χ2v) is 5.22. The summed E-state index contributed by atoms with van der Waals surface area (Å²) in [4.78, 5) is 6.67. The zero-order valence-corrected chi connectivity index (χ0v) is 11.3. The topological polar surface area (TPSA) is 55.3 Å². The van der Waals surface area contributed by atoms with Gasteiger partial charge in [0.25, 0.3) is 0 Å². The number of hydrogen-bond donors (Lipinski definition) is 1. The molecule has 1 aromatic carbocycles. The normalized spacial score (nSPS) is 11.8. The lowest BCUT2D eigenvalue weighted by Gasteiger charge is -2.15. The molecule has 98 valence electrons. The summed E-state index contributed by atoms with van der Waals surface area (Å²) < 4.78 is 5.69. The van der Waals surface area contributed by atoms with E-state index in [1.807, 2.05) is 18.2 Å². The Balaban J connectivity index is 2.05. The summed E-state index contributed by atoms with van der Waals surface area (Å²) in [5, 5.41) is 0. The Labute approximate surface area is 108 Å². The Morgan fingerprint density at radius 1 is 1.39 bits per heavy atom. The van der Waals surface area contributed by atoms with Gasteiger partial charge in [0.15, 0.2) is 5.58 Å². The molecule has 0 aliphatic rings. The van der Waals surface area contributed by atoms with E-state index in [2.05, 4.69) is 30.8 Å². The first kappa shape index (κ1) is 12.9. The molecule has 1 heterocycles. The first-order valence-corrected chi connectivity index (χ1v) is 6.38. The molecule has 0 radical (unpaired) electrons. The fourth-order valence-electron chi connectivity index (χ4n) is 1.87. The molecule has 2 aromatic rings. The fraction of sp³-hybridized carbons (Fsp3) is 0.500. The van der Waals surface area contributed by atoms with Crippen LogP contribution in [0.4, 0.5) is 5.69 Å². The molecule has 0 aliphatic carbocycles. The molecule has 0 bridgehead atoms. The molecule has 0 unspecified atom stereocenters. The smallest absolute Gasteiger partial charge is 0.209 e. The van der Waals surface area contributed by atoms with Crippen LogP contribution < -0.4 is 5.73 Å². The Morgan fingerprint density at radius 3 is 2.83 bits per heavy atom. The summed E-state index contributed by atoms with van der Waals surface area (Å²) in [6, 6.07) is 5.63. The summed E-state index contributed by atoms with van der Waals surface area (Å²) in [6.45, 7) is 6.23. The summed E-state index contributed by atoms with van der Waals surface area (Å²) in [5.41, 5.74) is 8.07. The van der Waals surface area contributed by atoms with E-state index >= 15 is 0 Å². The van der Waals surface area contributed by atoms with Gasteiger partial charge in [0.1, 0.15) is 5.52 Å². The van der Waals surface area contributed by atoms with E-state index < -0.39 is 0 Å². The monoisotopic (exact) mass is 247 g/mol. The lowest BCUT2D eigenvalue weighted by Crippen LogP contribution is -2.20. The van der Waals surface area contributed by atoms with E-state index in [1.54, 1.807) is 0 Å². The molecular formula is C14H21N3O. The van der Waals surface area contributed by atoms with Crippen LogP contribution in [0.1, 0.15) is 26.2 Å². The number of nitrogen functional groups attached to an aromatic ring is 1. The van der Waals surface area contributed by atoms with E-state index in [0.29, 0.717) is 11.6 Å². The molecule has 4 heteroatoms. The number of para-hydroxylation sites is 1. The minimum Gasteiger partial charge on any atom is -0.439 e.